The van der Waals surface area contributed by atoms with Crippen molar-refractivity contribution in [2.24, 2.45) is 11.8 Å². The van der Waals surface area contributed by atoms with Gasteiger partial charge < -0.3 is 0 Å². The van der Waals surface area contributed by atoms with Gasteiger partial charge in [-0.05, 0) is 18.3 Å². The molecule has 8 heavy (non-hydrogen) atoms. The average molecular weight is 112 g/mol. The minimum atomic E-state index is 0.837. The molecular formula is C7H14N. The van der Waals surface area contributed by atoms with Crippen molar-refractivity contribution in [2.75, 3.05) is 13.1 Å². The summed E-state index contributed by atoms with van der Waals surface area (Å²) in [6, 6.07) is 0. The zero-order valence-corrected chi connectivity index (χ0v) is 5.72. The molecule has 0 saturated carbocycles. The fourth-order valence-corrected chi connectivity index (χ4v) is 1.05. The topological polar surface area (TPSA) is 14.1 Å². The van der Waals surface area contributed by atoms with Crippen LogP contribution in [-0.4, -0.2) is 13.1 Å². The molecule has 0 bridgehead atoms. The van der Waals surface area contributed by atoms with Crippen LogP contribution in [0.5, 0.6) is 0 Å². The van der Waals surface area contributed by atoms with Crippen molar-refractivity contribution in [3.8, 4) is 0 Å². The lowest BCUT2D eigenvalue weighted by atomic mass is 9.90. The highest BCUT2D eigenvalue weighted by atomic mass is 14.9. The predicted octanol–water partition coefficient (Wildman–Crippen LogP) is 1.27. The molecule has 1 rings (SSSR count). The molecule has 1 radical (unpaired) electrons. The molecule has 0 spiro atoms. The van der Waals surface area contributed by atoms with Crippen LogP contribution in [-0.2, 0) is 0 Å². The SMILES string of the molecule is CC1CC[N]CC1C. The molecule has 2 unspecified atom stereocenters. The molecule has 0 aliphatic carbocycles. The number of rotatable bonds is 0. The summed E-state index contributed by atoms with van der Waals surface area (Å²) in [4.78, 5) is 0. The van der Waals surface area contributed by atoms with Gasteiger partial charge in [0.25, 0.3) is 0 Å². The van der Waals surface area contributed by atoms with Crippen LogP contribution in [0.25, 0.3) is 0 Å². The second-order valence-electron chi connectivity index (χ2n) is 2.87. The van der Waals surface area contributed by atoms with Gasteiger partial charge in [0.2, 0.25) is 0 Å². The van der Waals surface area contributed by atoms with Crippen molar-refractivity contribution < 1.29 is 0 Å². The highest BCUT2D eigenvalue weighted by Crippen LogP contribution is 2.17. The zero-order chi connectivity index (χ0) is 5.98. The smallest absolute Gasteiger partial charge is 0.0161 e. The van der Waals surface area contributed by atoms with Gasteiger partial charge in [0.05, 0.1) is 0 Å². The van der Waals surface area contributed by atoms with Crippen molar-refractivity contribution >= 4 is 0 Å². The molecule has 0 aromatic carbocycles. The molecule has 47 valence electrons. The molecule has 1 saturated heterocycles. The standard InChI is InChI=1S/C7H14N/c1-6-3-4-8-5-7(6)2/h6-7H,3-5H2,1-2H3. The summed E-state index contributed by atoms with van der Waals surface area (Å²) in [5.41, 5.74) is 0. The lowest BCUT2D eigenvalue weighted by Crippen LogP contribution is -2.28. The number of hydrogen-bond donors (Lipinski definition) is 0. The molecule has 1 nitrogen and oxygen atoms in total. The maximum Gasteiger partial charge on any atom is 0.0161 e. The molecule has 1 aliphatic heterocycles. The Bertz CT molecular complexity index is 60.8. The van der Waals surface area contributed by atoms with Crippen molar-refractivity contribution in [1.82, 2.24) is 5.32 Å². The Balaban J connectivity index is 2.28. The Hall–Kier alpha value is -0.0400. The van der Waals surface area contributed by atoms with Crippen molar-refractivity contribution in [2.45, 2.75) is 20.3 Å². The summed E-state index contributed by atoms with van der Waals surface area (Å²) in [5.74, 6) is 1.75. The molecule has 1 heteroatoms. The first-order chi connectivity index (χ1) is 3.80. The summed E-state index contributed by atoms with van der Waals surface area (Å²) in [7, 11) is 0. The lowest BCUT2D eigenvalue weighted by Gasteiger charge is -2.24. The largest absolute Gasteiger partial charge is 0.241 e. The van der Waals surface area contributed by atoms with Crippen LogP contribution in [0.15, 0.2) is 0 Å². The Morgan fingerprint density at radius 3 is 2.38 bits per heavy atom. The first-order valence-electron chi connectivity index (χ1n) is 3.44. The highest BCUT2D eigenvalue weighted by Gasteiger charge is 2.15. The molecule has 0 amide bonds. The monoisotopic (exact) mass is 112 g/mol. The summed E-state index contributed by atoms with van der Waals surface area (Å²) in [6.45, 7) is 6.80. The molecule has 2 atom stereocenters. The summed E-state index contributed by atoms with van der Waals surface area (Å²) in [5, 5.41) is 4.31. The normalized spacial score (nSPS) is 39.8. The van der Waals surface area contributed by atoms with E-state index in [4.69, 9.17) is 0 Å². The van der Waals surface area contributed by atoms with Gasteiger partial charge in [-0.2, -0.15) is 0 Å². The number of hydrogen-bond acceptors (Lipinski definition) is 0. The van der Waals surface area contributed by atoms with E-state index >= 15 is 0 Å². The fourth-order valence-electron chi connectivity index (χ4n) is 1.05. The minimum Gasteiger partial charge on any atom is -0.241 e. The van der Waals surface area contributed by atoms with Gasteiger partial charge in [-0.15, -0.1) is 0 Å². The van der Waals surface area contributed by atoms with Crippen LogP contribution < -0.4 is 5.32 Å². The third-order valence-electron chi connectivity index (χ3n) is 2.13. The van der Waals surface area contributed by atoms with Gasteiger partial charge in [-0.1, -0.05) is 13.8 Å². The highest BCUT2D eigenvalue weighted by molar-refractivity contribution is 4.70. The van der Waals surface area contributed by atoms with Crippen LogP contribution in [0, 0.1) is 11.8 Å². The van der Waals surface area contributed by atoms with Crippen molar-refractivity contribution in [3.63, 3.8) is 0 Å². The van der Waals surface area contributed by atoms with Gasteiger partial charge >= 0.3 is 0 Å². The van der Waals surface area contributed by atoms with E-state index in [0.29, 0.717) is 0 Å². The number of nitrogens with zero attached hydrogens (tertiary/aromatic N) is 1. The Morgan fingerprint density at radius 2 is 2.00 bits per heavy atom. The van der Waals surface area contributed by atoms with E-state index in [1.165, 1.54) is 6.42 Å². The van der Waals surface area contributed by atoms with E-state index < -0.39 is 0 Å². The molecule has 1 fully saturated rings. The molecular weight excluding hydrogens is 98.1 g/mol. The van der Waals surface area contributed by atoms with E-state index in [0.717, 1.165) is 24.9 Å². The molecule has 0 N–H and O–H groups in total. The zero-order valence-electron chi connectivity index (χ0n) is 5.72. The van der Waals surface area contributed by atoms with E-state index in [9.17, 15) is 0 Å². The summed E-state index contributed by atoms with van der Waals surface area (Å²) >= 11 is 0. The van der Waals surface area contributed by atoms with Crippen LogP contribution in [0.4, 0.5) is 0 Å². The summed E-state index contributed by atoms with van der Waals surface area (Å²) in [6.07, 6.45) is 1.31. The quantitative estimate of drug-likeness (QED) is 0.448. The number of piperidine rings is 1. The molecule has 1 heterocycles. The van der Waals surface area contributed by atoms with Crippen LogP contribution >= 0.6 is 0 Å². The predicted molar refractivity (Wildman–Crippen MR) is 34.8 cm³/mol. The maximum atomic E-state index is 4.31. The van der Waals surface area contributed by atoms with Crippen molar-refractivity contribution in [1.29, 1.82) is 0 Å². The average Bonchev–Trinajstić information content (AvgIpc) is 1.77. The first kappa shape index (κ1) is 6.09. The van der Waals surface area contributed by atoms with Crippen LogP contribution in [0.3, 0.4) is 0 Å². The molecule has 0 aromatic rings. The maximum absolute atomic E-state index is 4.31. The van der Waals surface area contributed by atoms with Gasteiger partial charge in [0, 0.05) is 13.1 Å². The third-order valence-corrected chi connectivity index (χ3v) is 2.13. The Kier molecular flexibility index (Phi) is 1.90. The lowest BCUT2D eigenvalue weighted by molar-refractivity contribution is 0.291. The summed E-state index contributed by atoms with van der Waals surface area (Å²) < 4.78 is 0. The second-order valence-corrected chi connectivity index (χ2v) is 2.87. The molecule has 1 aliphatic rings. The second kappa shape index (κ2) is 2.49. The Labute approximate surface area is 51.5 Å². The van der Waals surface area contributed by atoms with Crippen LogP contribution in [0.1, 0.15) is 20.3 Å². The van der Waals surface area contributed by atoms with Gasteiger partial charge in [-0.3, -0.25) is 0 Å². The van der Waals surface area contributed by atoms with Gasteiger partial charge in [0.15, 0.2) is 0 Å². The third kappa shape index (κ3) is 1.22. The fraction of sp³-hybridized carbons (Fsp3) is 1.00. The van der Waals surface area contributed by atoms with Crippen molar-refractivity contribution in [3.05, 3.63) is 0 Å². The Morgan fingerprint density at radius 1 is 1.25 bits per heavy atom. The van der Waals surface area contributed by atoms with Crippen LogP contribution in [0.2, 0.25) is 0 Å². The van der Waals surface area contributed by atoms with E-state index in [1.807, 2.05) is 0 Å². The van der Waals surface area contributed by atoms with Gasteiger partial charge in [0.1, 0.15) is 0 Å². The van der Waals surface area contributed by atoms with E-state index in [-0.39, 0.29) is 0 Å². The van der Waals surface area contributed by atoms with E-state index in [2.05, 4.69) is 19.2 Å². The molecule has 0 aromatic heterocycles. The van der Waals surface area contributed by atoms with Gasteiger partial charge in [-0.25, -0.2) is 5.32 Å². The first-order valence-corrected chi connectivity index (χ1v) is 3.44. The minimum absolute atomic E-state index is 0.837. The van der Waals surface area contributed by atoms with E-state index in [1.54, 1.807) is 0 Å².